The molecule has 1 aliphatic heterocycles. The Balaban J connectivity index is 1.19. The van der Waals surface area contributed by atoms with Gasteiger partial charge in [0.1, 0.15) is 11.6 Å². The molecule has 7 nitrogen and oxygen atoms in total. The Morgan fingerprint density at radius 2 is 1.33 bits per heavy atom. The molecule has 1 fully saturated rings. The summed E-state index contributed by atoms with van der Waals surface area (Å²) in [6.45, 7) is 6.27. The second kappa shape index (κ2) is 15.8. The summed E-state index contributed by atoms with van der Waals surface area (Å²) in [5.74, 6) is 1.37. The van der Waals surface area contributed by atoms with Crippen LogP contribution in [0.3, 0.4) is 0 Å². The lowest BCUT2D eigenvalue weighted by Gasteiger charge is -2.36. The Morgan fingerprint density at radius 1 is 0.762 bits per heavy atom. The number of hydrogen-bond donors (Lipinski definition) is 2. The van der Waals surface area contributed by atoms with Gasteiger partial charge in [-0.1, -0.05) is 30.3 Å². The van der Waals surface area contributed by atoms with E-state index in [1.165, 1.54) is 24.3 Å². The molecule has 3 aromatic rings. The fourth-order valence-electron chi connectivity index (χ4n) is 5.67. The van der Waals surface area contributed by atoms with Crippen LogP contribution in [0.15, 0.2) is 60.7 Å². The third kappa shape index (κ3) is 8.64. The van der Waals surface area contributed by atoms with E-state index in [0.29, 0.717) is 36.9 Å². The Bertz CT molecular complexity index is 1190. The molecule has 42 heavy (non-hydrogen) atoms. The third-order valence-corrected chi connectivity index (χ3v) is 7.93. The molecule has 0 aliphatic carbocycles. The van der Waals surface area contributed by atoms with Gasteiger partial charge in [0.2, 0.25) is 5.75 Å². The molecule has 1 aliphatic rings. The molecule has 1 atom stereocenters. The second-order valence-corrected chi connectivity index (χ2v) is 10.7. The molecule has 0 spiro atoms. The number of β-amino-alcohol motifs (C(OH)–C–C–N with tert-alkyl or cyclic N) is 1. The van der Waals surface area contributed by atoms with Gasteiger partial charge in [-0.05, 0) is 60.8 Å². The van der Waals surface area contributed by atoms with Crippen LogP contribution >= 0.6 is 0 Å². The van der Waals surface area contributed by atoms with Crippen LogP contribution in [0.25, 0.3) is 0 Å². The minimum Gasteiger partial charge on any atom is -0.493 e. The van der Waals surface area contributed by atoms with E-state index in [1.807, 2.05) is 36.4 Å². The molecule has 0 bridgehead atoms. The first-order valence-electron chi connectivity index (χ1n) is 14.5. The van der Waals surface area contributed by atoms with E-state index in [4.69, 9.17) is 14.2 Å². The maximum atomic E-state index is 13.5. The van der Waals surface area contributed by atoms with Gasteiger partial charge in [0.25, 0.3) is 0 Å². The minimum atomic E-state index is -0.491. The van der Waals surface area contributed by atoms with Crippen LogP contribution in [0.5, 0.6) is 17.2 Å². The number of hydrogen-bond acceptors (Lipinski definition) is 7. The summed E-state index contributed by atoms with van der Waals surface area (Å²) in [6, 6.07) is 17.0. The van der Waals surface area contributed by atoms with Gasteiger partial charge < -0.3 is 29.5 Å². The Kier molecular flexibility index (Phi) is 12.0. The minimum absolute atomic E-state index is 0.0918. The van der Waals surface area contributed by atoms with Crippen molar-refractivity contribution in [3.8, 4) is 17.2 Å². The van der Waals surface area contributed by atoms with Gasteiger partial charge in [0.15, 0.2) is 11.5 Å². The monoisotopic (exact) mass is 583 g/mol. The fraction of sp³-hybridized carbons (Fsp3) is 0.455. The molecular weight excluding hydrogens is 540 g/mol. The Labute approximate surface area is 248 Å². The molecule has 4 rings (SSSR count). The summed E-state index contributed by atoms with van der Waals surface area (Å²) < 4.78 is 43.4. The zero-order chi connectivity index (χ0) is 29.9. The van der Waals surface area contributed by atoms with Gasteiger partial charge in [0, 0.05) is 57.3 Å². The molecule has 1 saturated heterocycles. The number of nitrogens with one attached hydrogen (secondary N) is 1. The molecule has 2 N–H and O–H groups in total. The van der Waals surface area contributed by atoms with E-state index < -0.39 is 6.10 Å². The van der Waals surface area contributed by atoms with E-state index >= 15 is 0 Å². The van der Waals surface area contributed by atoms with Gasteiger partial charge in [0.05, 0.1) is 27.4 Å². The lowest BCUT2D eigenvalue weighted by molar-refractivity contribution is 0.0717. The number of methoxy groups -OCH3 is 3. The fourth-order valence-corrected chi connectivity index (χ4v) is 5.67. The predicted molar refractivity (Wildman–Crippen MR) is 161 cm³/mol. The summed E-state index contributed by atoms with van der Waals surface area (Å²) in [6.07, 6.45) is 1.38. The lowest BCUT2D eigenvalue weighted by atomic mass is 9.87. The highest BCUT2D eigenvalue weighted by Gasteiger charge is 2.21. The molecule has 0 saturated carbocycles. The summed E-state index contributed by atoms with van der Waals surface area (Å²) >= 11 is 0. The molecule has 0 radical (unpaired) electrons. The summed E-state index contributed by atoms with van der Waals surface area (Å²) in [7, 11) is 4.78. The average molecular weight is 584 g/mol. The van der Waals surface area contributed by atoms with E-state index in [1.54, 1.807) is 21.3 Å². The Morgan fingerprint density at radius 3 is 1.88 bits per heavy atom. The molecule has 9 heteroatoms. The first-order valence-corrected chi connectivity index (χ1v) is 14.5. The highest BCUT2D eigenvalue weighted by Crippen LogP contribution is 2.39. The van der Waals surface area contributed by atoms with Gasteiger partial charge in [-0.15, -0.1) is 0 Å². The number of piperazine rings is 1. The molecule has 1 heterocycles. The molecule has 0 aromatic heterocycles. The van der Waals surface area contributed by atoms with E-state index in [2.05, 4.69) is 15.1 Å². The largest absolute Gasteiger partial charge is 0.493 e. The average Bonchev–Trinajstić information content (AvgIpc) is 3.01. The van der Waals surface area contributed by atoms with Crippen LogP contribution in [-0.4, -0.2) is 88.2 Å². The van der Waals surface area contributed by atoms with Crippen molar-refractivity contribution in [2.45, 2.75) is 31.4 Å². The molecule has 228 valence electrons. The standard InChI is InChI=1S/C33H43F2N3O4/c1-40-31-15-10-26(32(41-2)33(31)42-3)21-36-22-29(39)23-38-19-17-37(18-20-38)16-4-5-30(24-6-11-27(34)12-7-24)25-8-13-28(35)14-9-25/h6-15,29-30,36,39H,4-5,16-23H2,1-3H3. The molecule has 1 unspecified atom stereocenters. The maximum Gasteiger partial charge on any atom is 0.203 e. The zero-order valence-electron chi connectivity index (χ0n) is 24.8. The number of ether oxygens (including phenoxy) is 3. The van der Waals surface area contributed by atoms with Crippen molar-refractivity contribution in [3.05, 3.63) is 89.0 Å². The van der Waals surface area contributed by atoms with E-state index in [-0.39, 0.29) is 17.6 Å². The Hall–Kier alpha value is -3.24. The van der Waals surface area contributed by atoms with Crippen LogP contribution < -0.4 is 19.5 Å². The topological polar surface area (TPSA) is 66.4 Å². The maximum absolute atomic E-state index is 13.5. The summed E-state index contributed by atoms with van der Waals surface area (Å²) in [4.78, 5) is 4.76. The first kappa shape index (κ1) is 31.7. The number of aliphatic hydroxyl groups excluding tert-OH is 1. The third-order valence-electron chi connectivity index (χ3n) is 7.93. The normalized spacial score (nSPS) is 15.1. The van der Waals surface area contributed by atoms with Gasteiger partial charge >= 0.3 is 0 Å². The number of nitrogens with zero attached hydrogens (tertiary/aromatic N) is 2. The van der Waals surface area contributed by atoms with Crippen molar-refractivity contribution in [2.24, 2.45) is 0 Å². The van der Waals surface area contributed by atoms with Crippen LogP contribution in [-0.2, 0) is 6.54 Å². The van der Waals surface area contributed by atoms with Crippen LogP contribution in [0.2, 0.25) is 0 Å². The van der Waals surface area contributed by atoms with Crippen molar-refractivity contribution in [1.29, 1.82) is 0 Å². The summed E-state index contributed by atoms with van der Waals surface area (Å²) in [5, 5.41) is 14.0. The zero-order valence-corrected chi connectivity index (χ0v) is 24.8. The van der Waals surface area contributed by atoms with Gasteiger partial charge in [-0.25, -0.2) is 8.78 Å². The molecular formula is C33H43F2N3O4. The number of benzene rings is 3. The quantitative estimate of drug-likeness (QED) is 0.270. The molecule has 0 amide bonds. The highest BCUT2D eigenvalue weighted by atomic mass is 19.1. The lowest BCUT2D eigenvalue weighted by Crippen LogP contribution is -2.49. The predicted octanol–water partition coefficient (Wildman–Crippen LogP) is 4.67. The van der Waals surface area contributed by atoms with Crippen molar-refractivity contribution in [2.75, 3.05) is 67.1 Å². The number of halogens is 2. The van der Waals surface area contributed by atoms with Crippen LogP contribution in [0.4, 0.5) is 8.78 Å². The number of aliphatic hydroxyl groups is 1. The van der Waals surface area contributed by atoms with Gasteiger partial charge in [-0.2, -0.15) is 0 Å². The highest BCUT2D eigenvalue weighted by molar-refractivity contribution is 5.55. The number of rotatable bonds is 15. The summed E-state index contributed by atoms with van der Waals surface area (Å²) in [5.41, 5.74) is 3.01. The molecule has 3 aromatic carbocycles. The first-order chi connectivity index (χ1) is 20.4. The SMILES string of the molecule is COc1ccc(CNCC(O)CN2CCN(CCCC(c3ccc(F)cc3)c3ccc(F)cc3)CC2)c(OC)c1OC. The van der Waals surface area contributed by atoms with Gasteiger partial charge in [-0.3, -0.25) is 4.90 Å². The van der Waals surface area contributed by atoms with E-state index in [0.717, 1.165) is 62.3 Å². The van der Waals surface area contributed by atoms with Crippen molar-refractivity contribution in [1.82, 2.24) is 15.1 Å². The van der Waals surface area contributed by atoms with Crippen LogP contribution in [0, 0.1) is 11.6 Å². The van der Waals surface area contributed by atoms with Crippen molar-refractivity contribution >= 4 is 0 Å². The van der Waals surface area contributed by atoms with E-state index in [9.17, 15) is 13.9 Å². The van der Waals surface area contributed by atoms with Crippen molar-refractivity contribution in [3.63, 3.8) is 0 Å². The van der Waals surface area contributed by atoms with Crippen molar-refractivity contribution < 1.29 is 28.1 Å². The van der Waals surface area contributed by atoms with Crippen LogP contribution in [0.1, 0.15) is 35.4 Å². The smallest absolute Gasteiger partial charge is 0.203 e. The second-order valence-electron chi connectivity index (χ2n) is 10.7.